The molecule has 0 aliphatic carbocycles. The molecular weight excluding hydrogens is 401 g/mol. The van der Waals surface area contributed by atoms with Crippen LogP contribution in [0, 0.1) is 5.82 Å². The summed E-state index contributed by atoms with van der Waals surface area (Å²) in [7, 11) is -2.43. The van der Waals surface area contributed by atoms with E-state index in [1.54, 1.807) is 20.8 Å². The first-order valence-electron chi connectivity index (χ1n) is 8.61. The van der Waals surface area contributed by atoms with Gasteiger partial charge < -0.3 is 9.47 Å². The molecule has 0 aromatic heterocycles. The summed E-state index contributed by atoms with van der Waals surface area (Å²) in [6.07, 6.45) is 0. The van der Waals surface area contributed by atoms with Gasteiger partial charge in [-0.05, 0) is 63.2 Å². The van der Waals surface area contributed by atoms with Gasteiger partial charge in [0.2, 0.25) is 10.0 Å². The fraction of sp³-hybridized carbons (Fsp3) is 0.300. The number of carbonyl (C=O) groups is 2. The lowest BCUT2D eigenvalue weighted by Crippen LogP contribution is -2.40. The van der Waals surface area contributed by atoms with Crippen molar-refractivity contribution in [2.24, 2.45) is 0 Å². The number of ketones is 1. The van der Waals surface area contributed by atoms with Gasteiger partial charge in [-0.2, -0.15) is 0 Å². The SMILES string of the molecule is COc1ccc(C(=O)COC(=O)c2ccc(S(=O)(=O)NC(C)(C)C)cc2)cc1F. The second-order valence-electron chi connectivity index (χ2n) is 7.23. The van der Waals surface area contributed by atoms with Crippen LogP contribution in [-0.4, -0.2) is 39.4 Å². The molecule has 0 bridgehead atoms. The molecule has 29 heavy (non-hydrogen) atoms. The number of carbonyl (C=O) groups excluding carboxylic acids is 2. The predicted molar refractivity (Wildman–Crippen MR) is 104 cm³/mol. The molecule has 0 spiro atoms. The molecule has 0 fully saturated rings. The van der Waals surface area contributed by atoms with E-state index in [4.69, 9.17) is 9.47 Å². The molecule has 0 saturated heterocycles. The summed E-state index contributed by atoms with van der Waals surface area (Å²) in [5.74, 6) is -2.10. The highest BCUT2D eigenvalue weighted by Crippen LogP contribution is 2.18. The van der Waals surface area contributed by atoms with Crippen molar-refractivity contribution in [1.29, 1.82) is 0 Å². The molecule has 0 aliphatic heterocycles. The fourth-order valence-electron chi connectivity index (χ4n) is 2.37. The summed E-state index contributed by atoms with van der Waals surface area (Å²) in [4.78, 5) is 24.2. The lowest BCUT2D eigenvalue weighted by molar-refractivity contribution is 0.0474. The Kier molecular flexibility index (Phi) is 6.76. The fourth-order valence-corrected chi connectivity index (χ4v) is 3.79. The van der Waals surface area contributed by atoms with Crippen molar-refractivity contribution in [1.82, 2.24) is 4.72 Å². The Bertz CT molecular complexity index is 1010. The second kappa shape index (κ2) is 8.71. The smallest absolute Gasteiger partial charge is 0.338 e. The van der Waals surface area contributed by atoms with Gasteiger partial charge in [0.25, 0.3) is 0 Å². The van der Waals surface area contributed by atoms with E-state index in [1.807, 2.05) is 0 Å². The van der Waals surface area contributed by atoms with Crippen LogP contribution in [-0.2, 0) is 14.8 Å². The van der Waals surface area contributed by atoms with Crippen LogP contribution in [0.3, 0.4) is 0 Å². The minimum absolute atomic E-state index is 0.00506. The molecule has 2 aromatic carbocycles. The first kappa shape index (κ1) is 22.5. The average molecular weight is 423 g/mol. The molecule has 0 atom stereocenters. The summed E-state index contributed by atoms with van der Waals surface area (Å²) < 4.78 is 50.4. The van der Waals surface area contributed by atoms with Crippen LogP contribution in [0.5, 0.6) is 5.75 Å². The minimum atomic E-state index is -3.73. The van der Waals surface area contributed by atoms with Gasteiger partial charge in [0.05, 0.1) is 17.6 Å². The van der Waals surface area contributed by atoms with Crippen LogP contribution in [0.15, 0.2) is 47.4 Å². The number of Topliss-reactive ketones (excluding diaryl/α,β-unsaturated/α-hetero) is 1. The number of halogens is 1. The molecule has 7 nitrogen and oxygen atoms in total. The first-order valence-corrected chi connectivity index (χ1v) is 10.1. The Morgan fingerprint density at radius 3 is 2.14 bits per heavy atom. The number of ether oxygens (including phenoxy) is 2. The van der Waals surface area contributed by atoms with Crippen molar-refractivity contribution in [2.75, 3.05) is 13.7 Å². The largest absolute Gasteiger partial charge is 0.494 e. The number of hydrogen-bond donors (Lipinski definition) is 1. The molecule has 0 aliphatic rings. The van der Waals surface area contributed by atoms with Gasteiger partial charge in [0.1, 0.15) is 0 Å². The third kappa shape index (κ3) is 6.10. The lowest BCUT2D eigenvalue weighted by Gasteiger charge is -2.20. The van der Waals surface area contributed by atoms with Crippen LogP contribution in [0.25, 0.3) is 0 Å². The number of nitrogens with one attached hydrogen (secondary N) is 1. The number of hydrogen-bond acceptors (Lipinski definition) is 6. The maximum Gasteiger partial charge on any atom is 0.338 e. The monoisotopic (exact) mass is 423 g/mol. The van der Waals surface area contributed by atoms with Crippen LogP contribution in [0.2, 0.25) is 0 Å². The first-order chi connectivity index (χ1) is 13.4. The molecule has 156 valence electrons. The van der Waals surface area contributed by atoms with E-state index in [1.165, 1.54) is 43.5 Å². The standard InChI is InChI=1S/C20H22FNO6S/c1-20(2,3)22-29(25,26)15-8-5-13(6-9-15)19(24)28-12-17(23)14-7-10-18(27-4)16(21)11-14/h5-11,22H,12H2,1-4H3. The Morgan fingerprint density at radius 2 is 1.62 bits per heavy atom. The molecule has 0 unspecified atom stereocenters. The van der Waals surface area contributed by atoms with Crippen molar-refractivity contribution in [3.8, 4) is 5.75 Å². The van der Waals surface area contributed by atoms with Crippen molar-refractivity contribution in [2.45, 2.75) is 31.2 Å². The predicted octanol–water partition coefficient (Wildman–Crippen LogP) is 2.95. The van der Waals surface area contributed by atoms with Crippen LogP contribution >= 0.6 is 0 Å². The number of rotatable bonds is 7. The Labute approximate surface area is 168 Å². The quantitative estimate of drug-likeness (QED) is 0.543. The number of esters is 1. The molecule has 1 N–H and O–H groups in total. The number of methoxy groups -OCH3 is 1. The van der Waals surface area contributed by atoms with E-state index in [0.29, 0.717) is 0 Å². The molecule has 2 aromatic rings. The summed E-state index contributed by atoms with van der Waals surface area (Å²) >= 11 is 0. The van der Waals surface area contributed by atoms with Gasteiger partial charge in [-0.25, -0.2) is 22.3 Å². The highest BCUT2D eigenvalue weighted by molar-refractivity contribution is 7.89. The molecular formula is C20H22FNO6S. The van der Waals surface area contributed by atoms with E-state index in [-0.39, 0.29) is 21.8 Å². The van der Waals surface area contributed by atoms with E-state index in [0.717, 1.165) is 6.07 Å². The zero-order valence-electron chi connectivity index (χ0n) is 16.5. The van der Waals surface area contributed by atoms with Crippen LogP contribution in [0.1, 0.15) is 41.5 Å². The average Bonchev–Trinajstić information content (AvgIpc) is 2.64. The molecule has 0 radical (unpaired) electrons. The van der Waals surface area contributed by atoms with Gasteiger partial charge in [0, 0.05) is 11.1 Å². The van der Waals surface area contributed by atoms with Gasteiger partial charge >= 0.3 is 5.97 Å². The van der Waals surface area contributed by atoms with E-state index >= 15 is 0 Å². The zero-order chi connectivity index (χ0) is 21.8. The van der Waals surface area contributed by atoms with E-state index in [2.05, 4.69) is 4.72 Å². The maximum atomic E-state index is 13.7. The van der Waals surface area contributed by atoms with E-state index < -0.39 is 39.7 Å². The molecule has 0 amide bonds. The molecule has 0 saturated carbocycles. The zero-order valence-corrected chi connectivity index (χ0v) is 17.3. The third-order valence-corrected chi connectivity index (χ3v) is 5.42. The Balaban J connectivity index is 2.02. The third-order valence-electron chi connectivity index (χ3n) is 3.65. The van der Waals surface area contributed by atoms with E-state index in [9.17, 15) is 22.4 Å². The highest BCUT2D eigenvalue weighted by atomic mass is 32.2. The maximum absolute atomic E-state index is 13.7. The highest BCUT2D eigenvalue weighted by Gasteiger charge is 2.22. The summed E-state index contributed by atoms with van der Waals surface area (Å²) in [6, 6.07) is 8.77. The summed E-state index contributed by atoms with van der Waals surface area (Å²) in [6.45, 7) is 4.54. The Hall–Kier alpha value is -2.78. The van der Waals surface area contributed by atoms with Gasteiger partial charge in [-0.1, -0.05) is 0 Å². The van der Waals surface area contributed by atoms with Crippen molar-refractivity contribution < 1.29 is 31.9 Å². The normalized spacial score (nSPS) is 11.8. The molecule has 2 rings (SSSR count). The number of benzene rings is 2. The lowest BCUT2D eigenvalue weighted by atomic mass is 10.1. The van der Waals surface area contributed by atoms with Crippen LogP contribution < -0.4 is 9.46 Å². The second-order valence-corrected chi connectivity index (χ2v) is 8.91. The van der Waals surface area contributed by atoms with Gasteiger partial charge in [-0.3, -0.25) is 4.79 Å². The topological polar surface area (TPSA) is 98.8 Å². The summed E-state index contributed by atoms with van der Waals surface area (Å²) in [5.41, 5.74) is -0.545. The van der Waals surface area contributed by atoms with Crippen molar-refractivity contribution in [3.63, 3.8) is 0 Å². The van der Waals surface area contributed by atoms with Gasteiger partial charge in [0.15, 0.2) is 24.0 Å². The minimum Gasteiger partial charge on any atom is -0.494 e. The number of sulfonamides is 1. The Morgan fingerprint density at radius 1 is 1.03 bits per heavy atom. The molecule has 0 heterocycles. The van der Waals surface area contributed by atoms with Gasteiger partial charge in [-0.15, -0.1) is 0 Å². The van der Waals surface area contributed by atoms with Crippen molar-refractivity contribution >= 4 is 21.8 Å². The summed E-state index contributed by atoms with van der Waals surface area (Å²) in [5, 5.41) is 0. The van der Waals surface area contributed by atoms with Crippen LogP contribution in [0.4, 0.5) is 4.39 Å². The molecule has 9 heteroatoms. The van der Waals surface area contributed by atoms with Crippen molar-refractivity contribution in [3.05, 3.63) is 59.4 Å².